The largest absolute Gasteiger partial charge is 0.316 e. The van der Waals surface area contributed by atoms with Crippen molar-refractivity contribution >= 4 is 11.2 Å². The van der Waals surface area contributed by atoms with Crippen molar-refractivity contribution in [3.05, 3.63) is 24.2 Å². The minimum atomic E-state index is 0.710. The summed E-state index contributed by atoms with van der Waals surface area (Å²) in [6.07, 6.45) is 6.88. The molecule has 2 aliphatic rings. The van der Waals surface area contributed by atoms with E-state index in [0.29, 0.717) is 5.92 Å². The summed E-state index contributed by atoms with van der Waals surface area (Å²) in [5.41, 5.74) is 2.12. The molecule has 5 nitrogen and oxygen atoms in total. The maximum Gasteiger partial charge on any atom is 0.159 e. The summed E-state index contributed by atoms with van der Waals surface area (Å²) in [6.45, 7) is 5.76. The minimum Gasteiger partial charge on any atom is -0.316 e. The first kappa shape index (κ1) is 15.1. The van der Waals surface area contributed by atoms with Crippen LogP contribution in [0.25, 0.3) is 11.2 Å². The smallest absolute Gasteiger partial charge is 0.159 e. The van der Waals surface area contributed by atoms with E-state index in [9.17, 15) is 0 Å². The van der Waals surface area contributed by atoms with E-state index < -0.39 is 0 Å². The molecule has 4 rings (SSSR count). The third kappa shape index (κ3) is 3.26. The minimum absolute atomic E-state index is 0.710. The summed E-state index contributed by atoms with van der Waals surface area (Å²) in [4.78, 5) is 12.0. The highest BCUT2D eigenvalue weighted by atomic mass is 15.1. The van der Waals surface area contributed by atoms with Crippen molar-refractivity contribution in [1.82, 2.24) is 24.8 Å². The van der Waals surface area contributed by atoms with Gasteiger partial charge < -0.3 is 14.8 Å². The summed E-state index contributed by atoms with van der Waals surface area (Å²) < 4.78 is 2.40. The third-order valence-electron chi connectivity index (χ3n) is 5.38. The van der Waals surface area contributed by atoms with Crippen LogP contribution >= 0.6 is 0 Å². The van der Waals surface area contributed by atoms with Crippen molar-refractivity contribution in [3.63, 3.8) is 0 Å². The van der Waals surface area contributed by atoms with Gasteiger partial charge in [0.2, 0.25) is 0 Å². The average Bonchev–Trinajstić information content (AvgIpc) is 3.17. The average molecular weight is 313 g/mol. The van der Waals surface area contributed by atoms with Crippen molar-refractivity contribution in [2.45, 2.75) is 32.2 Å². The maximum atomic E-state index is 4.94. The lowest BCUT2D eigenvalue weighted by Crippen LogP contribution is -2.33. The van der Waals surface area contributed by atoms with E-state index >= 15 is 0 Å². The zero-order valence-electron chi connectivity index (χ0n) is 14.0. The fourth-order valence-electron chi connectivity index (χ4n) is 4.18. The van der Waals surface area contributed by atoms with Gasteiger partial charge in [0.05, 0.1) is 0 Å². The number of piperidine rings is 1. The molecule has 2 aliphatic heterocycles. The standard InChI is InChI=1S/C18H27N5/c1-22-9-3-4-14(12-22)10-17-21-16-5-2-7-20-18(16)23(17)13-15-6-8-19-11-15/h2,5,7,14-15,19H,3-4,6,8-13H2,1H3. The van der Waals surface area contributed by atoms with Crippen molar-refractivity contribution in [2.24, 2.45) is 11.8 Å². The van der Waals surface area contributed by atoms with E-state index in [1.54, 1.807) is 0 Å². The molecular weight excluding hydrogens is 286 g/mol. The highest BCUT2D eigenvalue weighted by molar-refractivity contribution is 5.71. The second-order valence-electron chi connectivity index (χ2n) is 7.32. The number of nitrogens with one attached hydrogen (secondary N) is 1. The monoisotopic (exact) mass is 313 g/mol. The van der Waals surface area contributed by atoms with Crippen LogP contribution in [-0.2, 0) is 13.0 Å². The van der Waals surface area contributed by atoms with Crippen LogP contribution in [0.2, 0.25) is 0 Å². The molecule has 2 unspecified atom stereocenters. The molecule has 0 bridgehead atoms. The predicted octanol–water partition coefficient (Wildman–Crippen LogP) is 1.93. The Bertz CT molecular complexity index is 658. The second kappa shape index (κ2) is 6.57. The number of likely N-dealkylation sites (tertiary alicyclic amines) is 1. The number of imidazole rings is 1. The Morgan fingerprint density at radius 1 is 1.30 bits per heavy atom. The summed E-state index contributed by atoms with van der Waals surface area (Å²) in [5, 5.41) is 3.48. The molecule has 0 saturated carbocycles. The quantitative estimate of drug-likeness (QED) is 0.937. The highest BCUT2D eigenvalue weighted by Crippen LogP contribution is 2.24. The van der Waals surface area contributed by atoms with Gasteiger partial charge in [-0.1, -0.05) is 0 Å². The predicted molar refractivity (Wildman–Crippen MR) is 92.4 cm³/mol. The molecule has 4 heterocycles. The Hall–Kier alpha value is -1.46. The number of nitrogens with zero attached hydrogens (tertiary/aromatic N) is 4. The molecule has 2 fully saturated rings. The maximum absolute atomic E-state index is 4.94. The zero-order valence-corrected chi connectivity index (χ0v) is 14.0. The molecule has 0 spiro atoms. The van der Waals surface area contributed by atoms with E-state index in [1.807, 2.05) is 12.3 Å². The van der Waals surface area contributed by atoms with Crippen molar-refractivity contribution in [2.75, 3.05) is 33.2 Å². The summed E-state index contributed by atoms with van der Waals surface area (Å²) in [6, 6.07) is 4.09. The van der Waals surface area contributed by atoms with Gasteiger partial charge in [0, 0.05) is 25.7 Å². The van der Waals surface area contributed by atoms with Gasteiger partial charge in [-0.05, 0) is 69.9 Å². The first-order chi connectivity index (χ1) is 11.3. The molecule has 0 radical (unpaired) electrons. The van der Waals surface area contributed by atoms with Gasteiger partial charge in [0.15, 0.2) is 5.65 Å². The first-order valence-corrected chi connectivity index (χ1v) is 8.99. The van der Waals surface area contributed by atoms with E-state index in [4.69, 9.17) is 4.98 Å². The molecule has 2 saturated heterocycles. The molecule has 1 N–H and O–H groups in total. The molecule has 5 heteroatoms. The van der Waals surface area contributed by atoms with E-state index in [2.05, 4.69) is 32.9 Å². The Morgan fingerprint density at radius 3 is 3.09 bits per heavy atom. The van der Waals surface area contributed by atoms with E-state index in [1.165, 1.54) is 38.2 Å². The Morgan fingerprint density at radius 2 is 2.26 bits per heavy atom. The van der Waals surface area contributed by atoms with Crippen LogP contribution in [-0.4, -0.2) is 52.7 Å². The topological polar surface area (TPSA) is 46.0 Å². The summed E-state index contributed by atoms with van der Waals surface area (Å²) in [7, 11) is 2.24. The van der Waals surface area contributed by atoms with Gasteiger partial charge in [-0.25, -0.2) is 9.97 Å². The zero-order chi connectivity index (χ0) is 15.6. The van der Waals surface area contributed by atoms with Gasteiger partial charge in [-0.3, -0.25) is 0 Å². The lowest BCUT2D eigenvalue weighted by Gasteiger charge is -2.29. The fourth-order valence-corrected chi connectivity index (χ4v) is 4.18. The molecule has 0 aliphatic carbocycles. The molecule has 0 aromatic carbocycles. The third-order valence-corrected chi connectivity index (χ3v) is 5.38. The van der Waals surface area contributed by atoms with Crippen molar-refractivity contribution in [3.8, 4) is 0 Å². The van der Waals surface area contributed by atoms with Crippen LogP contribution in [0.3, 0.4) is 0 Å². The van der Waals surface area contributed by atoms with Crippen LogP contribution in [0, 0.1) is 11.8 Å². The number of fused-ring (bicyclic) bond motifs is 1. The van der Waals surface area contributed by atoms with Crippen LogP contribution in [0.4, 0.5) is 0 Å². The molecule has 2 aromatic heterocycles. The van der Waals surface area contributed by atoms with Gasteiger partial charge in [-0.15, -0.1) is 0 Å². The first-order valence-electron chi connectivity index (χ1n) is 8.99. The van der Waals surface area contributed by atoms with E-state index in [0.717, 1.165) is 43.1 Å². The van der Waals surface area contributed by atoms with Crippen LogP contribution in [0.5, 0.6) is 0 Å². The molecule has 124 valence electrons. The Kier molecular flexibility index (Phi) is 4.31. The second-order valence-corrected chi connectivity index (χ2v) is 7.32. The lowest BCUT2D eigenvalue weighted by molar-refractivity contribution is 0.206. The SMILES string of the molecule is CN1CCCC(Cc2nc3cccnc3n2CC2CCNC2)C1. The van der Waals surface area contributed by atoms with Crippen molar-refractivity contribution in [1.29, 1.82) is 0 Å². The van der Waals surface area contributed by atoms with E-state index in [-0.39, 0.29) is 0 Å². The number of aromatic nitrogens is 3. The molecule has 2 aromatic rings. The van der Waals surface area contributed by atoms with Crippen molar-refractivity contribution < 1.29 is 0 Å². The van der Waals surface area contributed by atoms with Gasteiger partial charge in [0.1, 0.15) is 11.3 Å². The van der Waals surface area contributed by atoms with Gasteiger partial charge >= 0.3 is 0 Å². The summed E-state index contributed by atoms with van der Waals surface area (Å²) >= 11 is 0. The fraction of sp³-hybridized carbons (Fsp3) is 0.667. The molecule has 2 atom stereocenters. The normalized spacial score (nSPS) is 26.1. The van der Waals surface area contributed by atoms with Crippen LogP contribution < -0.4 is 5.32 Å². The number of hydrogen-bond donors (Lipinski definition) is 1. The van der Waals surface area contributed by atoms with Crippen LogP contribution in [0.15, 0.2) is 18.3 Å². The molecule has 23 heavy (non-hydrogen) atoms. The molecule has 0 amide bonds. The van der Waals surface area contributed by atoms with Gasteiger partial charge in [-0.2, -0.15) is 0 Å². The lowest BCUT2D eigenvalue weighted by atomic mass is 9.95. The molecular formula is C18H27N5. The van der Waals surface area contributed by atoms with Gasteiger partial charge in [0.25, 0.3) is 0 Å². The number of pyridine rings is 1. The number of rotatable bonds is 4. The Labute approximate surface area is 138 Å². The summed E-state index contributed by atoms with van der Waals surface area (Å²) in [5.74, 6) is 2.68. The Balaban J connectivity index is 1.61. The number of hydrogen-bond acceptors (Lipinski definition) is 4. The highest BCUT2D eigenvalue weighted by Gasteiger charge is 2.23. The van der Waals surface area contributed by atoms with Crippen LogP contribution in [0.1, 0.15) is 25.1 Å².